The Balaban J connectivity index is 1.55. The minimum Gasteiger partial charge on any atom is -0.352 e. The predicted octanol–water partition coefficient (Wildman–Crippen LogP) is 6.23. The summed E-state index contributed by atoms with van der Waals surface area (Å²) in [6.45, 7) is -0.424. The van der Waals surface area contributed by atoms with E-state index in [1.165, 1.54) is 17.0 Å². The average Bonchev–Trinajstić information content (AvgIpc) is 3.56. The molecule has 1 unspecified atom stereocenters. The number of para-hydroxylation sites is 1. The lowest BCUT2D eigenvalue weighted by Gasteiger charge is -2.34. The van der Waals surface area contributed by atoms with Crippen LogP contribution < -0.4 is 9.62 Å². The van der Waals surface area contributed by atoms with Crippen LogP contribution in [0.3, 0.4) is 0 Å². The van der Waals surface area contributed by atoms with Crippen molar-refractivity contribution >= 4 is 39.1 Å². The third kappa shape index (κ3) is 7.68. The highest BCUT2D eigenvalue weighted by Crippen LogP contribution is 2.31. The van der Waals surface area contributed by atoms with E-state index in [2.05, 4.69) is 5.32 Å². The monoisotopic (exact) mass is 629 g/mol. The lowest BCUT2D eigenvalue weighted by molar-refractivity contribution is -0.140. The topological polar surface area (TPSA) is 86.8 Å². The largest absolute Gasteiger partial charge is 0.352 e. The summed E-state index contributed by atoms with van der Waals surface area (Å²) in [6.07, 6.45) is 4.16. The first-order chi connectivity index (χ1) is 21.3. The molecule has 228 valence electrons. The molecule has 0 radical (unpaired) electrons. The van der Waals surface area contributed by atoms with E-state index in [0.29, 0.717) is 0 Å². The molecule has 44 heavy (non-hydrogen) atoms. The summed E-state index contributed by atoms with van der Waals surface area (Å²) in [5.74, 6) is -0.768. The van der Waals surface area contributed by atoms with Crippen molar-refractivity contribution in [3.8, 4) is 0 Å². The van der Waals surface area contributed by atoms with E-state index in [9.17, 15) is 18.0 Å². The number of halogens is 1. The summed E-state index contributed by atoms with van der Waals surface area (Å²) in [4.78, 5) is 30.0. The number of nitrogens with zero attached hydrogens (tertiary/aromatic N) is 2. The molecule has 5 rings (SSSR count). The molecule has 1 aliphatic rings. The zero-order valence-electron chi connectivity index (χ0n) is 24.4. The first kappa shape index (κ1) is 31.3. The first-order valence-electron chi connectivity index (χ1n) is 14.8. The minimum atomic E-state index is -4.20. The second-order valence-electron chi connectivity index (χ2n) is 11.0. The summed E-state index contributed by atoms with van der Waals surface area (Å²) in [5.41, 5.74) is 1.90. The highest BCUT2D eigenvalue weighted by Gasteiger charge is 2.36. The van der Waals surface area contributed by atoms with Crippen LogP contribution in [-0.2, 0) is 32.6 Å². The Morgan fingerprint density at radius 2 is 1.32 bits per heavy atom. The Morgan fingerprint density at radius 1 is 0.773 bits per heavy atom. The predicted molar refractivity (Wildman–Crippen MR) is 174 cm³/mol. The SMILES string of the molecule is O=C(NC1CCCC1)C(Cc1ccccc1)N(Cc1ccccc1)C(=O)CN(c1ccccc1Cl)S(=O)(=O)c1ccccc1. The van der Waals surface area contributed by atoms with Crippen LogP contribution in [0.5, 0.6) is 0 Å². The fourth-order valence-corrected chi connectivity index (χ4v) is 7.33. The zero-order valence-corrected chi connectivity index (χ0v) is 26.0. The van der Waals surface area contributed by atoms with E-state index in [1.807, 2.05) is 60.7 Å². The highest BCUT2D eigenvalue weighted by atomic mass is 35.5. The summed E-state index contributed by atoms with van der Waals surface area (Å²) >= 11 is 6.53. The van der Waals surface area contributed by atoms with E-state index in [4.69, 9.17) is 11.6 Å². The van der Waals surface area contributed by atoms with Crippen molar-refractivity contribution in [3.63, 3.8) is 0 Å². The van der Waals surface area contributed by atoms with Crippen LogP contribution >= 0.6 is 11.6 Å². The maximum Gasteiger partial charge on any atom is 0.264 e. The van der Waals surface area contributed by atoms with Crippen LogP contribution in [0.1, 0.15) is 36.8 Å². The Kier molecular flexibility index (Phi) is 10.4. The van der Waals surface area contributed by atoms with Gasteiger partial charge in [-0.05, 0) is 48.2 Å². The number of carbonyl (C=O) groups is 2. The molecule has 7 nitrogen and oxygen atoms in total. The lowest BCUT2D eigenvalue weighted by atomic mass is 10.0. The van der Waals surface area contributed by atoms with Crippen LogP contribution in [0.2, 0.25) is 5.02 Å². The quantitative estimate of drug-likeness (QED) is 0.201. The lowest BCUT2D eigenvalue weighted by Crippen LogP contribution is -2.54. The number of benzene rings is 4. The number of hydrogen-bond donors (Lipinski definition) is 1. The molecule has 4 aromatic carbocycles. The Hall–Kier alpha value is -4.14. The summed E-state index contributed by atoms with van der Waals surface area (Å²) in [7, 11) is -4.20. The van der Waals surface area contributed by atoms with Gasteiger partial charge in [0.2, 0.25) is 11.8 Å². The highest BCUT2D eigenvalue weighted by molar-refractivity contribution is 7.92. The molecule has 1 fully saturated rings. The third-order valence-corrected chi connectivity index (χ3v) is 9.99. The molecule has 1 atom stereocenters. The van der Waals surface area contributed by atoms with Crippen molar-refractivity contribution in [3.05, 3.63) is 131 Å². The van der Waals surface area contributed by atoms with Crippen molar-refractivity contribution in [2.75, 3.05) is 10.8 Å². The van der Waals surface area contributed by atoms with Crippen LogP contribution in [-0.4, -0.2) is 43.8 Å². The smallest absolute Gasteiger partial charge is 0.264 e. The standard InChI is InChI=1S/C35H36ClN3O4S/c36-31-22-12-13-23-32(31)39(44(42,43)30-20-8-3-9-21-30)26-34(40)38(25-28-16-6-2-7-17-28)33(24-27-14-4-1-5-15-27)35(41)37-29-18-10-11-19-29/h1-9,12-17,20-23,29,33H,10-11,18-19,24-26H2,(H,37,41). The molecule has 2 amide bonds. The second kappa shape index (κ2) is 14.6. The third-order valence-electron chi connectivity index (χ3n) is 7.90. The molecule has 1 N–H and O–H groups in total. The van der Waals surface area contributed by atoms with Crippen LogP contribution in [0.15, 0.2) is 120 Å². The van der Waals surface area contributed by atoms with Gasteiger partial charge in [0.25, 0.3) is 10.0 Å². The number of rotatable bonds is 12. The maximum atomic E-state index is 14.5. The van der Waals surface area contributed by atoms with Crippen LogP contribution in [0, 0.1) is 0 Å². The minimum absolute atomic E-state index is 0.0298. The molecule has 1 saturated carbocycles. The number of sulfonamides is 1. The Bertz CT molecular complexity index is 1650. The van der Waals surface area contributed by atoms with Crippen molar-refractivity contribution in [2.45, 2.75) is 55.6 Å². The fourth-order valence-electron chi connectivity index (χ4n) is 5.59. The number of anilines is 1. The number of carbonyl (C=O) groups excluding carboxylic acids is 2. The van der Waals surface area contributed by atoms with Crippen molar-refractivity contribution in [1.82, 2.24) is 10.2 Å². The van der Waals surface area contributed by atoms with Gasteiger partial charge in [-0.3, -0.25) is 13.9 Å². The van der Waals surface area contributed by atoms with E-state index in [0.717, 1.165) is 41.1 Å². The van der Waals surface area contributed by atoms with Gasteiger partial charge in [-0.25, -0.2) is 8.42 Å². The van der Waals surface area contributed by atoms with Crippen LogP contribution in [0.4, 0.5) is 5.69 Å². The van der Waals surface area contributed by atoms with E-state index >= 15 is 0 Å². The van der Waals surface area contributed by atoms with Gasteiger partial charge in [-0.1, -0.05) is 115 Å². The van der Waals surface area contributed by atoms with Crippen molar-refractivity contribution < 1.29 is 18.0 Å². The van der Waals surface area contributed by atoms with Gasteiger partial charge in [-0.15, -0.1) is 0 Å². The molecule has 4 aromatic rings. The summed E-state index contributed by atoms with van der Waals surface area (Å²) < 4.78 is 29.1. The molecule has 0 heterocycles. The molecule has 0 aromatic heterocycles. The summed E-state index contributed by atoms with van der Waals surface area (Å²) in [5, 5.41) is 3.37. The van der Waals surface area contributed by atoms with Gasteiger partial charge >= 0.3 is 0 Å². The van der Waals surface area contributed by atoms with Gasteiger partial charge < -0.3 is 10.2 Å². The molecule has 0 aliphatic heterocycles. The van der Waals surface area contributed by atoms with Gasteiger partial charge in [0.1, 0.15) is 12.6 Å². The van der Waals surface area contributed by atoms with Gasteiger partial charge in [-0.2, -0.15) is 0 Å². The number of amides is 2. The first-order valence-corrected chi connectivity index (χ1v) is 16.6. The Morgan fingerprint density at radius 3 is 1.93 bits per heavy atom. The maximum absolute atomic E-state index is 14.5. The van der Waals surface area contributed by atoms with Crippen molar-refractivity contribution in [2.24, 2.45) is 0 Å². The molecule has 0 saturated heterocycles. The van der Waals surface area contributed by atoms with E-state index in [1.54, 1.807) is 42.5 Å². The Labute approximate surface area is 264 Å². The number of nitrogens with one attached hydrogen (secondary N) is 1. The molecule has 0 bridgehead atoms. The molecule has 0 spiro atoms. The summed E-state index contributed by atoms with van der Waals surface area (Å²) in [6, 6.07) is 32.6. The molecular formula is C35H36ClN3O4S. The van der Waals surface area contributed by atoms with Gasteiger partial charge in [0, 0.05) is 19.0 Å². The zero-order chi connectivity index (χ0) is 30.9. The van der Waals surface area contributed by atoms with Gasteiger partial charge in [0.05, 0.1) is 15.6 Å². The molecule has 1 aliphatic carbocycles. The molecule has 9 heteroatoms. The normalized spacial score (nSPS) is 14.1. The molecular weight excluding hydrogens is 594 g/mol. The number of hydrogen-bond acceptors (Lipinski definition) is 4. The average molecular weight is 630 g/mol. The van der Waals surface area contributed by atoms with Crippen molar-refractivity contribution in [1.29, 1.82) is 0 Å². The van der Waals surface area contributed by atoms with Crippen LogP contribution in [0.25, 0.3) is 0 Å². The second-order valence-corrected chi connectivity index (χ2v) is 13.2. The van der Waals surface area contributed by atoms with E-state index < -0.39 is 28.5 Å². The van der Waals surface area contributed by atoms with Gasteiger partial charge in [0.15, 0.2) is 0 Å². The fraction of sp³-hybridized carbons (Fsp3) is 0.257. The van der Waals surface area contributed by atoms with E-state index in [-0.39, 0.29) is 40.5 Å².